The number of likely N-dealkylation sites (tertiary alicyclic amines) is 1. The summed E-state index contributed by atoms with van der Waals surface area (Å²) in [7, 11) is 1.75. The predicted molar refractivity (Wildman–Crippen MR) is 78.0 cm³/mol. The molecule has 4 nitrogen and oxygen atoms in total. The van der Waals surface area contributed by atoms with Gasteiger partial charge in [0.05, 0.1) is 0 Å². The first-order valence-electron chi connectivity index (χ1n) is 7.22. The molecule has 1 aliphatic heterocycles. The summed E-state index contributed by atoms with van der Waals surface area (Å²) in [6, 6.07) is 9.82. The summed E-state index contributed by atoms with van der Waals surface area (Å²) in [5.74, 6) is -0.140. The van der Waals surface area contributed by atoms with Crippen molar-refractivity contribution in [3.8, 4) is 0 Å². The molecule has 0 unspecified atom stereocenters. The molecular weight excluding hydrogens is 252 g/mol. The third kappa shape index (κ3) is 4.08. The van der Waals surface area contributed by atoms with Gasteiger partial charge in [-0.3, -0.25) is 9.59 Å². The SMILES string of the molecule is CN(Cc1ccccc1)C(=O)CC(=O)N1CCCCC1. The van der Waals surface area contributed by atoms with Gasteiger partial charge in [-0.1, -0.05) is 30.3 Å². The van der Waals surface area contributed by atoms with Crippen molar-refractivity contribution in [1.82, 2.24) is 9.80 Å². The van der Waals surface area contributed by atoms with Gasteiger partial charge >= 0.3 is 0 Å². The van der Waals surface area contributed by atoms with Crippen LogP contribution in [0.1, 0.15) is 31.2 Å². The van der Waals surface area contributed by atoms with E-state index in [9.17, 15) is 9.59 Å². The summed E-state index contributed by atoms with van der Waals surface area (Å²) in [6.45, 7) is 2.15. The molecule has 0 N–H and O–H groups in total. The normalized spacial score (nSPS) is 14.9. The van der Waals surface area contributed by atoms with Gasteiger partial charge < -0.3 is 9.80 Å². The van der Waals surface area contributed by atoms with E-state index in [1.54, 1.807) is 11.9 Å². The second-order valence-corrected chi connectivity index (χ2v) is 5.35. The number of hydrogen-bond acceptors (Lipinski definition) is 2. The largest absolute Gasteiger partial charge is 0.342 e. The van der Waals surface area contributed by atoms with Crippen molar-refractivity contribution in [2.75, 3.05) is 20.1 Å². The van der Waals surface area contributed by atoms with Crippen LogP contribution in [0.5, 0.6) is 0 Å². The summed E-state index contributed by atoms with van der Waals surface area (Å²) in [5, 5.41) is 0. The topological polar surface area (TPSA) is 40.6 Å². The number of benzene rings is 1. The van der Waals surface area contributed by atoms with Crippen molar-refractivity contribution in [3.63, 3.8) is 0 Å². The molecular formula is C16H22N2O2. The molecule has 1 aromatic rings. The lowest BCUT2D eigenvalue weighted by molar-refractivity contribution is -0.140. The Labute approximate surface area is 120 Å². The van der Waals surface area contributed by atoms with Gasteiger partial charge in [-0.15, -0.1) is 0 Å². The number of carbonyl (C=O) groups excluding carboxylic acids is 2. The predicted octanol–water partition coefficient (Wildman–Crippen LogP) is 2.05. The molecule has 1 saturated heterocycles. The zero-order valence-corrected chi connectivity index (χ0v) is 12.0. The maximum absolute atomic E-state index is 12.1. The highest BCUT2D eigenvalue weighted by atomic mass is 16.2. The monoisotopic (exact) mass is 274 g/mol. The molecule has 2 amide bonds. The zero-order chi connectivity index (χ0) is 14.4. The van der Waals surface area contributed by atoms with Crippen molar-refractivity contribution in [1.29, 1.82) is 0 Å². The van der Waals surface area contributed by atoms with Crippen molar-refractivity contribution in [3.05, 3.63) is 35.9 Å². The van der Waals surface area contributed by atoms with Gasteiger partial charge in [0.2, 0.25) is 11.8 Å². The first-order chi connectivity index (χ1) is 9.66. The van der Waals surface area contributed by atoms with Gasteiger partial charge in [0, 0.05) is 26.7 Å². The van der Waals surface area contributed by atoms with E-state index in [2.05, 4.69) is 0 Å². The van der Waals surface area contributed by atoms with E-state index in [0.29, 0.717) is 6.54 Å². The summed E-state index contributed by atoms with van der Waals surface area (Å²) in [5.41, 5.74) is 1.08. The van der Waals surface area contributed by atoms with Crippen LogP contribution in [-0.4, -0.2) is 41.8 Å². The molecule has 1 aliphatic rings. The summed E-state index contributed by atoms with van der Waals surface area (Å²) >= 11 is 0. The summed E-state index contributed by atoms with van der Waals surface area (Å²) in [4.78, 5) is 27.6. The first-order valence-corrected chi connectivity index (χ1v) is 7.22. The number of nitrogens with zero attached hydrogens (tertiary/aromatic N) is 2. The van der Waals surface area contributed by atoms with E-state index in [1.807, 2.05) is 35.2 Å². The van der Waals surface area contributed by atoms with Crippen molar-refractivity contribution >= 4 is 11.8 Å². The van der Waals surface area contributed by atoms with E-state index in [-0.39, 0.29) is 18.2 Å². The van der Waals surface area contributed by atoms with Crippen LogP contribution in [0.25, 0.3) is 0 Å². The molecule has 108 valence electrons. The second-order valence-electron chi connectivity index (χ2n) is 5.35. The number of amides is 2. The molecule has 0 bridgehead atoms. The average Bonchev–Trinajstić information content (AvgIpc) is 2.49. The van der Waals surface area contributed by atoms with Crippen molar-refractivity contribution in [2.24, 2.45) is 0 Å². The number of hydrogen-bond donors (Lipinski definition) is 0. The Bertz CT molecular complexity index is 453. The fourth-order valence-electron chi connectivity index (χ4n) is 2.46. The lowest BCUT2D eigenvalue weighted by Crippen LogP contribution is -2.39. The molecule has 0 aromatic heterocycles. The lowest BCUT2D eigenvalue weighted by atomic mass is 10.1. The molecule has 0 atom stereocenters. The van der Waals surface area contributed by atoms with E-state index < -0.39 is 0 Å². The second kappa shape index (κ2) is 7.08. The van der Waals surface area contributed by atoms with Gasteiger partial charge in [0.15, 0.2) is 0 Å². The minimum absolute atomic E-state index is 0.0106. The molecule has 0 radical (unpaired) electrons. The molecule has 2 rings (SSSR count). The summed E-state index contributed by atoms with van der Waals surface area (Å²) in [6.07, 6.45) is 3.29. The highest BCUT2D eigenvalue weighted by molar-refractivity contribution is 5.96. The van der Waals surface area contributed by atoms with E-state index >= 15 is 0 Å². The number of carbonyl (C=O) groups is 2. The van der Waals surface area contributed by atoms with Gasteiger partial charge in [0.1, 0.15) is 6.42 Å². The Kier molecular flexibility index (Phi) is 5.16. The molecule has 4 heteroatoms. The van der Waals surface area contributed by atoms with Crippen LogP contribution in [0.2, 0.25) is 0 Å². The quantitative estimate of drug-likeness (QED) is 0.788. The van der Waals surface area contributed by atoms with Gasteiger partial charge in [0.25, 0.3) is 0 Å². The smallest absolute Gasteiger partial charge is 0.232 e. The molecule has 20 heavy (non-hydrogen) atoms. The van der Waals surface area contributed by atoms with Crippen LogP contribution in [0.3, 0.4) is 0 Å². The fraction of sp³-hybridized carbons (Fsp3) is 0.500. The Morgan fingerprint density at radius 1 is 1.10 bits per heavy atom. The summed E-state index contributed by atoms with van der Waals surface area (Å²) < 4.78 is 0. The third-order valence-corrected chi connectivity index (χ3v) is 3.70. The molecule has 1 fully saturated rings. The van der Waals surface area contributed by atoms with Gasteiger partial charge in [-0.2, -0.15) is 0 Å². The van der Waals surface area contributed by atoms with Crippen LogP contribution < -0.4 is 0 Å². The first kappa shape index (κ1) is 14.6. The van der Waals surface area contributed by atoms with Crippen LogP contribution in [0, 0.1) is 0 Å². The minimum atomic E-state index is -0.107. The van der Waals surface area contributed by atoms with Crippen molar-refractivity contribution < 1.29 is 9.59 Å². The van der Waals surface area contributed by atoms with Crippen LogP contribution in [0.4, 0.5) is 0 Å². The number of rotatable bonds is 4. The molecule has 0 spiro atoms. The van der Waals surface area contributed by atoms with E-state index in [4.69, 9.17) is 0 Å². The Balaban J connectivity index is 1.82. The molecule has 0 saturated carbocycles. The zero-order valence-electron chi connectivity index (χ0n) is 12.0. The highest BCUT2D eigenvalue weighted by Gasteiger charge is 2.21. The standard InChI is InChI=1S/C16H22N2O2/c1-17(13-14-8-4-2-5-9-14)15(19)12-16(20)18-10-6-3-7-11-18/h2,4-5,8-9H,3,6-7,10-13H2,1H3. The minimum Gasteiger partial charge on any atom is -0.342 e. The van der Waals surface area contributed by atoms with Gasteiger partial charge in [-0.25, -0.2) is 0 Å². The van der Waals surface area contributed by atoms with Crippen LogP contribution in [-0.2, 0) is 16.1 Å². The molecule has 1 heterocycles. The average molecular weight is 274 g/mol. The van der Waals surface area contributed by atoms with Crippen LogP contribution in [0.15, 0.2) is 30.3 Å². The lowest BCUT2D eigenvalue weighted by Gasteiger charge is -2.27. The highest BCUT2D eigenvalue weighted by Crippen LogP contribution is 2.11. The maximum Gasteiger partial charge on any atom is 0.232 e. The van der Waals surface area contributed by atoms with E-state index in [0.717, 1.165) is 31.5 Å². The maximum atomic E-state index is 12.1. The number of piperidine rings is 1. The Morgan fingerprint density at radius 2 is 1.75 bits per heavy atom. The van der Waals surface area contributed by atoms with Gasteiger partial charge in [-0.05, 0) is 24.8 Å². The van der Waals surface area contributed by atoms with E-state index in [1.165, 1.54) is 6.42 Å². The van der Waals surface area contributed by atoms with Crippen LogP contribution >= 0.6 is 0 Å². The fourth-order valence-corrected chi connectivity index (χ4v) is 2.46. The Morgan fingerprint density at radius 3 is 2.40 bits per heavy atom. The Hall–Kier alpha value is -1.84. The van der Waals surface area contributed by atoms with Crippen molar-refractivity contribution in [2.45, 2.75) is 32.2 Å². The molecule has 1 aromatic carbocycles. The molecule has 0 aliphatic carbocycles. The third-order valence-electron chi connectivity index (χ3n) is 3.70.